The van der Waals surface area contributed by atoms with Gasteiger partial charge in [-0.15, -0.1) is 0 Å². The van der Waals surface area contributed by atoms with E-state index in [1.807, 2.05) is 31.2 Å². The highest BCUT2D eigenvalue weighted by molar-refractivity contribution is 9.10. The van der Waals surface area contributed by atoms with Crippen molar-refractivity contribution in [3.63, 3.8) is 0 Å². The zero-order valence-electron chi connectivity index (χ0n) is 8.77. The van der Waals surface area contributed by atoms with E-state index in [2.05, 4.69) is 20.9 Å². The summed E-state index contributed by atoms with van der Waals surface area (Å²) in [5.41, 5.74) is 2.41. The molecule has 80 valence electrons. The van der Waals surface area contributed by atoms with Crippen molar-refractivity contribution in [3.8, 4) is 0 Å². The number of hydrogen-bond donors (Lipinski definition) is 0. The molecule has 0 amide bonds. The first-order chi connectivity index (χ1) is 7.68. The van der Waals surface area contributed by atoms with Crippen LogP contribution in [0.1, 0.15) is 21.5 Å². The van der Waals surface area contributed by atoms with Crippen molar-refractivity contribution in [2.75, 3.05) is 0 Å². The minimum Gasteiger partial charge on any atom is -0.289 e. The number of aryl methyl sites for hydroxylation is 1. The molecule has 1 heterocycles. The summed E-state index contributed by atoms with van der Waals surface area (Å²) >= 11 is 3.28. The van der Waals surface area contributed by atoms with Crippen molar-refractivity contribution in [1.29, 1.82) is 0 Å². The molecule has 1 aromatic heterocycles. The molecule has 16 heavy (non-hydrogen) atoms. The van der Waals surface area contributed by atoms with Crippen LogP contribution in [0.2, 0.25) is 0 Å². The van der Waals surface area contributed by atoms with Crippen LogP contribution in [-0.2, 0) is 0 Å². The van der Waals surface area contributed by atoms with Crippen molar-refractivity contribution < 1.29 is 4.79 Å². The molecular formula is C13H10BrNO. The Morgan fingerprint density at radius 3 is 2.50 bits per heavy atom. The van der Waals surface area contributed by atoms with Crippen molar-refractivity contribution >= 4 is 21.7 Å². The first kappa shape index (κ1) is 11.0. The topological polar surface area (TPSA) is 30.0 Å². The minimum absolute atomic E-state index is 0.0139. The number of benzene rings is 1. The van der Waals surface area contributed by atoms with Gasteiger partial charge in [0.1, 0.15) is 4.60 Å². The van der Waals surface area contributed by atoms with Crippen LogP contribution in [0.4, 0.5) is 0 Å². The number of hydrogen-bond acceptors (Lipinski definition) is 2. The fraction of sp³-hybridized carbons (Fsp3) is 0.0769. The average molecular weight is 276 g/mol. The summed E-state index contributed by atoms with van der Waals surface area (Å²) in [7, 11) is 0. The maximum Gasteiger partial charge on any atom is 0.195 e. The molecule has 0 radical (unpaired) electrons. The second-order valence-corrected chi connectivity index (χ2v) is 4.29. The largest absolute Gasteiger partial charge is 0.289 e. The number of aromatic nitrogens is 1. The first-order valence-corrected chi connectivity index (χ1v) is 5.69. The predicted molar refractivity (Wildman–Crippen MR) is 66.5 cm³/mol. The van der Waals surface area contributed by atoms with Gasteiger partial charge in [-0.05, 0) is 35.0 Å². The highest BCUT2D eigenvalue weighted by Crippen LogP contribution is 2.17. The van der Waals surface area contributed by atoms with Crippen LogP contribution in [0.5, 0.6) is 0 Å². The second-order valence-electron chi connectivity index (χ2n) is 3.54. The van der Waals surface area contributed by atoms with Crippen molar-refractivity contribution in [2.24, 2.45) is 0 Å². The Labute approximate surface area is 102 Å². The van der Waals surface area contributed by atoms with Gasteiger partial charge in [0, 0.05) is 11.8 Å². The number of carbonyl (C=O) groups is 1. The van der Waals surface area contributed by atoms with Crippen LogP contribution in [-0.4, -0.2) is 10.8 Å². The molecule has 0 aliphatic rings. The molecule has 0 N–H and O–H groups in total. The maximum absolute atomic E-state index is 12.1. The predicted octanol–water partition coefficient (Wildman–Crippen LogP) is 3.38. The Morgan fingerprint density at radius 1 is 1.19 bits per heavy atom. The fourth-order valence-electron chi connectivity index (χ4n) is 1.42. The summed E-state index contributed by atoms with van der Waals surface area (Å²) in [6.07, 6.45) is 1.65. The highest BCUT2D eigenvalue weighted by Gasteiger charge is 2.12. The SMILES string of the molecule is Cc1ccc(C(=O)c2cccnc2Br)cc1. The quantitative estimate of drug-likeness (QED) is 0.621. The van der Waals surface area contributed by atoms with E-state index in [4.69, 9.17) is 0 Å². The molecule has 0 saturated carbocycles. The van der Waals surface area contributed by atoms with Gasteiger partial charge in [0.05, 0.1) is 5.56 Å². The molecule has 0 aliphatic carbocycles. The van der Waals surface area contributed by atoms with Gasteiger partial charge >= 0.3 is 0 Å². The number of pyridine rings is 1. The summed E-state index contributed by atoms with van der Waals surface area (Å²) in [4.78, 5) is 16.1. The zero-order chi connectivity index (χ0) is 11.5. The molecule has 0 atom stereocenters. The van der Waals surface area contributed by atoms with E-state index in [-0.39, 0.29) is 5.78 Å². The fourth-order valence-corrected chi connectivity index (χ4v) is 1.85. The Balaban J connectivity index is 2.40. The monoisotopic (exact) mass is 275 g/mol. The molecule has 2 nitrogen and oxygen atoms in total. The minimum atomic E-state index is -0.0139. The van der Waals surface area contributed by atoms with Crippen LogP contribution in [0.15, 0.2) is 47.2 Å². The van der Waals surface area contributed by atoms with Gasteiger partial charge in [0.15, 0.2) is 5.78 Å². The molecular weight excluding hydrogens is 266 g/mol. The lowest BCUT2D eigenvalue weighted by Gasteiger charge is -2.03. The molecule has 0 fully saturated rings. The second kappa shape index (κ2) is 4.58. The summed E-state index contributed by atoms with van der Waals surface area (Å²) < 4.78 is 0.584. The Kier molecular flexibility index (Phi) is 3.15. The lowest BCUT2D eigenvalue weighted by molar-refractivity contribution is 0.103. The van der Waals surface area contributed by atoms with Gasteiger partial charge < -0.3 is 0 Å². The maximum atomic E-state index is 12.1. The molecule has 0 spiro atoms. The molecule has 3 heteroatoms. The van der Waals surface area contributed by atoms with Gasteiger partial charge in [-0.25, -0.2) is 4.98 Å². The Morgan fingerprint density at radius 2 is 1.88 bits per heavy atom. The van der Waals surface area contributed by atoms with Crippen LogP contribution in [0.25, 0.3) is 0 Å². The van der Waals surface area contributed by atoms with Crippen LogP contribution in [0, 0.1) is 6.92 Å². The normalized spacial score (nSPS) is 10.1. The van der Waals surface area contributed by atoms with E-state index in [1.54, 1.807) is 18.3 Å². The summed E-state index contributed by atoms with van der Waals surface area (Å²) in [6.45, 7) is 1.99. The number of carbonyl (C=O) groups excluding carboxylic acids is 1. The van der Waals surface area contributed by atoms with Crippen molar-refractivity contribution in [3.05, 3.63) is 63.9 Å². The number of halogens is 1. The molecule has 0 aliphatic heterocycles. The smallest absolute Gasteiger partial charge is 0.195 e. The summed E-state index contributed by atoms with van der Waals surface area (Å²) in [5.74, 6) is -0.0139. The van der Waals surface area contributed by atoms with E-state index in [0.717, 1.165) is 5.56 Å². The van der Waals surface area contributed by atoms with Crippen LogP contribution in [0.3, 0.4) is 0 Å². The van der Waals surface area contributed by atoms with Crippen LogP contribution >= 0.6 is 15.9 Å². The third-order valence-electron chi connectivity index (χ3n) is 2.32. The Hall–Kier alpha value is -1.48. The standard InChI is InChI=1S/C13H10BrNO/c1-9-4-6-10(7-5-9)12(16)11-3-2-8-15-13(11)14/h2-8H,1H3. The molecule has 2 rings (SSSR count). The molecule has 0 saturated heterocycles. The van der Waals surface area contributed by atoms with E-state index in [0.29, 0.717) is 15.7 Å². The van der Waals surface area contributed by atoms with Gasteiger partial charge in [-0.2, -0.15) is 0 Å². The molecule has 0 bridgehead atoms. The van der Waals surface area contributed by atoms with Crippen molar-refractivity contribution in [2.45, 2.75) is 6.92 Å². The highest BCUT2D eigenvalue weighted by atomic mass is 79.9. The van der Waals surface area contributed by atoms with Gasteiger partial charge in [-0.1, -0.05) is 29.8 Å². The number of ketones is 1. The number of rotatable bonds is 2. The first-order valence-electron chi connectivity index (χ1n) is 4.90. The summed E-state index contributed by atoms with van der Waals surface area (Å²) in [5, 5.41) is 0. The molecule has 1 aromatic carbocycles. The zero-order valence-corrected chi connectivity index (χ0v) is 10.4. The average Bonchev–Trinajstić information content (AvgIpc) is 2.30. The van der Waals surface area contributed by atoms with Crippen LogP contribution < -0.4 is 0 Å². The van der Waals surface area contributed by atoms with Gasteiger partial charge in [0.25, 0.3) is 0 Å². The van der Waals surface area contributed by atoms with E-state index in [1.165, 1.54) is 0 Å². The van der Waals surface area contributed by atoms with E-state index >= 15 is 0 Å². The molecule has 2 aromatic rings. The third kappa shape index (κ3) is 2.19. The van der Waals surface area contributed by atoms with E-state index in [9.17, 15) is 4.79 Å². The lowest BCUT2D eigenvalue weighted by atomic mass is 10.0. The Bertz CT molecular complexity index is 520. The lowest BCUT2D eigenvalue weighted by Crippen LogP contribution is -2.02. The van der Waals surface area contributed by atoms with E-state index < -0.39 is 0 Å². The summed E-state index contributed by atoms with van der Waals surface area (Å²) in [6, 6.07) is 11.0. The van der Waals surface area contributed by atoms with Gasteiger partial charge in [-0.3, -0.25) is 4.79 Å². The molecule has 0 unspecified atom stereocenters. The van der Waals surface area contributed by atoms with Gasteiger partial charge in [0.2, 0.25) is 0 Å². The number of nitrogens with zero attached hydrogens (tertiary/aromatic N) is 1. The van der Waals surface area contributed by atoms with Crippen molar-refractivity contribution in [1.82, 2.24) is 4.98 Å². The third-order valence-corrected chi connectivity index (χ3v) is 2.95.